The molecule has 1 saturated heterocycles. The Balaban J connectivity index is 1.40. The maximum Gasteiger partial charge on any atom is 0.317 e. The number of benzene rings is 1. The lowest BCUT2D eigenvalue weighted by atomic mass is 9.76. The topological polar surface area (TPSA) is 70.7 Å². The van der Waals surface area contributed by atoms with Gasteiger partial charge in [0.1, 0.15) is 11.4 Å². The number of amides is 3. The number of carbonyl (C=O) groups is 2. The molecule has 2 aliphatic heterocycles. The maximum absolute atomic E-state index is 12.8. The number of nitrogens with zero attached hydrogens (tertiary/aromatic N) is 1. The largest absolute Gasteiger partial charge is 0.487 e. The van der Waals surface area contributed by atoms with E-state index < -0.39 is 0 Å². The van der Waals surface area contributed by atoms with Crippen molar-refractivity contribution in [3.63, 3.8) is 0 Å². The van der Waals surface area contributed by atoms with Gasteiger partial charge in [0.05, 0.1) is 0 Å². The molecule has 3 aliphatic rings. The quantitative estimate of drug-likeness (QED) is 0.751. The number of hydrogen-bond acceptors (Lipinski definition) is 3. The van der Waals surface area contributed by atoms with Crippen molar-refractivity contribution in [2.24, 2.45) is 0 Å². The third-order valence-electron chi connectivity index (χ3n) is 7.08. The van der Waals surface area contributed by atoms with Crippen LogP contribution in [0.15, 0.2) is 24.3 Å². The highest BCUT2D eigenvalue weighted by molar-refractivity contribution is 5.77. The Bertz CT molecular complexity index is 780. The molecule has 0 aromatic heterocycles. The lowest BCUT2D eigenvalue weighted by Gasteiger charge is -2.47. The molecule has 1 atom stereocenters. The van der Waals surface area contributed by atoms with Crippen LogP contribution < -0.4 is 15.4 Å². The number of fused-ring (bicyclic) bond motifs is 1. The molecule has 1 aromatic carbocycles. The second-order valence-electron chi connectivity index (χ2n) is 9.92. The molecule has 4 rings (SSSR count). The van der Waals surface area contributed by atoms with E-state index in [4.69, 9.17) is 4.74 Å². The van der Waals surface area contributed by atoms with Crippen molar-refractivity contribution >= 4 is 11.9 Å². The molecule has 1 saturated carbocycles. The van der Waals surface area contributed by atoms with Crippen LogP contribution in [0.2, 0.25) is 0 Å². The van der Waals surface area contributed by atoms with Crippen molar-refractivity contribution in [1.29, 1.82) is 0 Å². The molecule has 2 fully saturated rings. The molecule has 1 aliphatic carbocycles. The molecule has 2 heterocycles. The number of urea groups is 1. The zero-order chi connectivity index (χ0) is 21.8. The molecule has 6 heteroatoms. The van der Waals surface area contributed by atoms with Crippen LogP contribution >= 0.6 is 0 Å². The minimum atomic E-state index is -0.293. The fraction of sp³-hybridized carbons (Fsp3) is 0.680. The van der Waals surface area contributed by atoms with Gasteiger partial charge in [0.2, 0.25) is 5.91 Å². The molecule has 170 valence electrons. The normalized spacial score (nSPS) is 23.2. The lowest BCUT2D eigenvalue weighted by Crippen LogP contribution is -2.55. The summed E-state index contributed by atoms with van der Waals surface area (Å²) in [5.74, 6) is 1.14. The summed E-state index contributed by atoms with van der Waals surface area (Å²) in [6, 6.07) is 8.67. The summed E-state index contributed by atoms with van der Waals surface area (Å²) in [7, 11) is 0. The zero-order valence-electron chi connectivity index (χ0n) is 19.0. The summed E-state index contributed by atoms with van der Waals surface area (Å²) < 4.78 is 6.54. The first-order chi connectivity index (χ1) is 14.9. The molecule has 0 radical (unpaired) electrons. The van der Waals surface area contributed by atoms with Crippen LogP contribution in [-0.2, 0) is 4.79 Å². The number of nitrogens with one attached hydrogen (secondary N) is 2. The predicted molar refractivity (Wildman–Crippen MR) is 121 cm³/mol. The van der Waals surface area contributed by atoms with Crippen LogP contribution in [0, 0.1) is 0 Å². The van der Waals surface area contributed by atoms with Crippen LogP contribution in [0.25, 0.3) is 0 Å². The van der Waals surface area contributed by atoms with Crippen molar-refractivity contribution in [3.05, 3.63) is 29.8 Å². The van der Waals surface area contributed by atoms with Gasteiger partial charge in [-0.25, -0.2) is 4.79 Å². The van der Waals surface area contributed by atoms with Crippen molar-refractivity contribution in [2.45, 2.75) is 95.2 Å². The summed E-state index contributed by atoms with van der Waals surface area (Å²) in [5, 5.41) is 6.27. The average molecular weight is 428 g/mol. The second kappa shape index (κ2) is 9.49. The highest BCUT2D eigenvalue weighted by Gasteiger charge is 2.44. The molecule has 3 amide bonds. The van der Waals surface area contributed by atoms with E-state index in [1.165, 1.54) is 19.3 Å². The second-order valence-corrected chi connectivity index (χ2v) is 9.92. The SMILES string of the molecule is CC(C)NC(=O)C[C@H]1CC2(CCN(C(=O)NC3CCCCC3)CC2)Oc2ccccc21. The summed E-state index contributed by atoms with van der Waals surface area (Å²) in [5.41, 5.74) is 0.836. The van der Waals surface area contributed by atoms with Gasteiger partial charge in [-0.15, -0.1) is 0 Å². The molecule has 31 heavy (non-hydrogen) atoms. The third-order valence-corrected chi connectivity index (χ3v) is 7.08. The summed E-state index contributed by atoms with van der Waals surface area (Å²) in [6.07, 6.45) is 8.84. The Morgan fingerprint density at radius 3 is 2.55 bits per heavy atom. The van der Waals surface area contributed by atoms with E-state index in [1.54, 1.807) is 0 Å². The van der Waals surface area contributed by atoms with Gasteiger partial charge < -0.3 is 20.3 Å². The van der Waals surface area contributed by atoms with E-state index in [9.17, 15) is 9.59 Å². The van der Waals surface area contributed by atoms with E-state index in [1.807, 2.05) is 36.9 Å². The monoisotopic (exact) mass is 427 g/mol. The maximum atomic E-state index is 12.8. The lowest BCUT2D eigenvalue weighted by molar-refractivity contribution is -0.122. The number of rotatable bonds is 4. The summed E-state index contributed by atoms with van der Waals surface area (Å²) in [4.78, 5) is 27.2. The van der Waals surface area contributed by atoms with Gasteiger partial charge in [0.15, 0.2) is 0 Å². The molecule has 1 aromatic rings. The van der Waals surface area contributed by atoms with Gasteiger partial charge in [-0.1, -0.05) is 37.5 Å². The molecule has 2 N–H and O–H groups in total. The van der Waals surface area contributed by atoms with Crippen LogP contribution in [0.1, 0.15) is 83.1 Å². The minimum absolute atomic E-state index is 0.0748. The minimum Gasteiger partial charge on any atom is -0.487 e. The van der Waals surface area contributed by atoms with E-state index >= 15 is 0 Å². The Hall–Kier alpha value is -2.24. The summed E-state index contributed by atoms with van der Waals surface area (Å²) in [6.45, 7) is 5.38. The highest BCUT2D eigenvalue weighted by atomic mass is 16.5. The third kappa shape index (κ3) is 5.34. The van der Waals surface area contributed by atoms with Crippen molar-refractivity contribution in [3.8, 4) is 5.75 Å². The van der Waals surface area contributed by atoms with E-state index in [0.717, 1.165) is 43.4 Å². The Labute approximate surface area is 186 Å². The Kier molecular flexibility index (Phi) is 6.73. The zero-order valence-corrected chi connectivity index (χ0v) is 19.0. The molecule has 0 unspecified atom stereocenters. The van der Waals surface area contributed by atoms with Gasteiger partial charge >= 0.3 is 6.03 Å². The predicted octanol–water partition coefficient (Wildman–Crippen LogP) is 4.34. The fourth-order valence-electron chi connectivity index (χ4n) is 5.47. The van der Waals surface area contributed by atoms with Gasteiger partial charge in [0.25, 0.3) is 0 Å². The molecule has 1 spiro atoms. The first-order valence-electron chi connectivity index (χ1n) is 12.1. The fourth-order valence-corrected chi connectivity index (χ4v) is 5.47. The van der Waals surface area contributed by atoms with Crippen molar-refractivity contribution in [2.75, 3.05) is 13.1 Å². The van der Waals surface area contributed by atoms with Gasteiger partial charge in [0, 0.05) is 50.4 Å². The molecule has 0 bridgehead atoms. The van der Waals surface area contributed by atoms with Crippen LogP contribution in [-0.4, -0.2) is 47.6 Å². The van der Waals surface area contributed by atoms with E-state index in [-0.39, 0.29) is 29.5 Å². The number of piperidine rings is 1. The Morgan fingerprint density at radius 1 is 1.13 bits per heavy atom. The average Bonchev–Trinajstić information content (AvgIpc) is 2.74. The van der Waals surface area contributed by atoms with E-state index in [2.05, 4.69) is 16.7 Å². The number of hydrogen-bond donors (Lipinski definition) is 2. The van der Waals surface area contributed by atoms with Gasteiger partial charge in [-0.05, 0) is 44.7 Å². The van der Waals surface area contributed by atoms with Gasteiger partial charge in [-0.3, -0.25) is 4.79 Å². The highest BCUT2D eigenvalue weighted by Crippen LogP contribution is 2.46. The number of likely N-dealkylation sites (tertiary alicyclic amines) is 1. The summed E-state index contributed by atoms with van der Waals surface area (Å²) >= 11 is 0. The van der Waals surface area contributed by atoms with E-state index in [0.29, 0.717) is 25.6 Å². The van der Waals surface area contributed by atoms with Crippen molar-refractivity contribution in [1.82, 2.24) is 15.5 Å². The smallest absolute Gasteiger partial charge is 0.317 e. The first kappa shape index (κ1) is 22.0. The standard InChI is InChI=1S/C25H37N3O3/c1-18(2)26-23(29)16-19-17-25(31-22-11-7-6-10-21(19)22)12-14-28(15-13-25)24(30)27-20-8-4-3-5-9-20/h6-7,10-11,18-20H,3-5,8-9,12-17H2,1-2H3,(H,26,29)(H,27,30)/t19-/m0/s1. The molecule has 6 nitrogen and oxygen atoms in total. The number of ether oxygens (including phenoxy) is 1. The number of para-hydroxylation sites is 1. The first-order valence-corrected chi connectivity index (χ1v) is 12.1. The van der Waals surface area contributed by atoms with Crippen molar-refractivity contribution < 1.29 is 14.3 Å². The van der Waals surface area contributed by atoms with Crippen LogP contribution in [0.3, 0.4) is 0 Å². The molecular formula is C25H37N3O3. The van der Waals surface area contributed by atoms with Crippen LogP contribution in [0.5, 0.6) is 5.75 Å². The molecular weight excluding hydrogens is 390 g/mol. The Morgan fingerprint density at radius 2 is 1.84 bits per heavy atom. The van der Waals surface area contributed by atoms with Gasteiger partial charge in [-0.2, -0.15) is 0 Å². The number of carbonyl (C=O) groups excluding carboxylic acids is 2. The van der Waals surface area contributed by atoms with Crippen LogP contribution in [0.4, 0.5) is 4.79 Å².